The number of carbonyl (C=O) groups is 1. The van der Waals surface area contributed by atoms with Crippen LogP contribution in [0.2, 0.25) is 5.02 Å². The van der Waals surface area contributed by atoms with Crippen LogP contribution in [-0.4, -0.2) is 20.2 Å². The van der Waals surface area contributed by atoms with E-state index in [1.807, 2.05) is 0 Å². The second kappa shape index (κ2) is 8.99. The fraction of sp³-hybridized carbons (Fsp3) is 0.0952. The molecule has 144 valence electrons. The number of hydrogen-bond acceptors (Lipinski definition) is 5. The summed E-state index contributed by atoms with van der Waals surface area (Å²) in [7, 11) is 2.81. The Morgan fingerprint density at radius 1 is 1.07 bits per heavy atom. The second-order valence-corrected chi connectivity index (χ2v) is 7.02. The van der Waals surface area contributed by atoms with Crippen LogP contribution < -0.4 is 9.46 Å². The highest BCUT2D eigenvalue weighted by atomic mass is 35.5. The summed E-state index contributed by atoms with van der Waals surface area (Å²) in [5.41, 5.74) is 2.20. The summed E-state index contributed by atoms with van der Waals surface area (Å²) in [5.74, 6) is -0.351. The topological polar surface area (TPSA) is 47.6 Å². The monoisotopic (exact) mass is 417 g/mol. The zero-order valence-electron chi connectivity index (χ0n) is 15.2. The van der Waals surface area contributed by atoms with Crippen LogP contribution in [-0.2, 0) is 4.74 Å². The minimum atomic E-state index is -0.459. The van der Waals surface area contributed by atoms with Gasteiger partial charge in [-0.3, -0.25) is 0 Å². The number of hydrogen-bond donors (Lipinski definition) is 1. The molecule has 28 heavy (non-hydrogen) atoms. The standard InChI is InChI=1S/C21H17ClFNO3S/c1-26-18-12-14(21(25)27-2)8-11-17(18)24-28-19-5-3-4-16(20(19)23)13-6-9-15(22)10-7-13/h3-12,24H,1-2H3. The molecule has 0 aliphatic rings. The third kappa shape index (κ3) is 4.40. The molecular weight excluding hydrogens is 401 g/mol. The molecule has 0 radical (unpaired) electrons. The summed E-state index contributed by atoms with van der Waals surface area (Å²) >= 11 is 7.02. The maximum atomic E-state index is 15.0. The third-order valence-electron chi connectivity index (χ3n) is 4.01. The number of rotatable bonds is 6. The summed E-state index contributed by atoms with van der Waals surface area (Å²) in [6.07, 6.45) is 0. The van der Waals surface area contributed by atoms with Gasteiger partial charge in [0.15, 0.2) is 0 Å². The fourth-order valence-electron chi connectivity index (χ4n) is 2.57. The van der Waals surface area contributed by atoms with Gasteiger partial charge in [0.05, 0.1) is 30.4 Å². The van der Waals surface area contributed by atoms with Gasteiger partial charge in [-0.2, -0.15) is 0 Å². The molecule has 0 heterocycles. The van der Waals surface area contributed by atoms with Gasteiger partial charge in [0, 0.05) is 10.6 Å². The van der Waals surface area contributed by atoms with Gasteiger partial charge in [0.2, 0.25) is 0 Å². The van der Waals surface area contributed by atoms with Crippen molar-refractivity contribution in [1.29, 1.82) is 0 Å². The molecule has 0 spiro atoms. The van der Waals surface area contributed by atoms with E-state index in [1.165, 1.54) is 14.2 Å². The van der Waals surface area contributed by atoms with E-state index < -0.39 is 5.97 Å². The molecule has 1 N–H and O–H groups in total. The molecule has 3 aromatic carbocycles. The predicted molar refractivity (Wildman–Crippen MR) is 111 cm³/mol. The van der Waals surface area contributed by atoms with E-state index in [0.717, 1.165) is 17.5 Å². The van der Waals surface area contributed by atoms with E-state index in [9.17, 15) is 9.18 Å². The van der Waals surface area contributed by atoms with Crippen molar-refractivity contribution >= 4 is 35.2 Å². The minimum Gasteiger partial charge on any atom is -0.495 e. The smallest absolute Gasteiger partial charge is 0.337 e. The van der Waals surface area contributed by atoms with Crippen molar-refractivity contribution in [3.8, 4) is 16.9 Å². The maximum Gasteiger partial charge on any atom is 0.337 e. The van der Waals surface area contributed by atoms with Crippen molar-refractivity contribution < 1.29 is 18.7 Å². The molecule has 0 amide bonds. The van der Waals surface area contributed by atoms with Gasteiger partial charge < -0.3 is 14.2 Å². The average Bonchev–Trinajstić information content (AvgIpc) is 2.73. The number of esters is 1. The number of halogens is 2. The zero-order chi connectivity index (χ0) is 20.1. The fourth-order valence-corrected chi connectivity index (χ4v) is 3.43. The first kappa shape index (κ1) is 20.0. The highest BCUT2D eigenvalue weighted by molar-refractivity contribution is 8.00. The Kier molecular flexibility index (Phi) is 6.44. The molecule has 0 unspecified atom stereocenters. The van der Waals surface area contributed by atoms with Crippen LogP contribution in [0.4, 0.5) is 10.1 Å². The Morgan fingerprint density at radius 2 is 1.82 bits per heavy atom. The van der Waals surface area contributed by atoms with Gasteiger partial charge in [-0.25, -0.2) is 9.18 Å². The number of nitrogens with one attached hydrogen (secondary N) is 1. The molecule has 0 saturated heterocycles. The first-order valence-electron chi connectivity index (χ1n) is 8.27. The summed E-state index contributed by atoms with van der Waals surface area (Å²) in [6.45, 7) is 0. The van der Waals surface area contributed by atoms with Crippen LogP contribution in [0.5, 0.6) is 5.75 Å². The Labute approximate surface area is 171 Å². The Hall–Kier alpha value is -2.70. The predicted octanol–water partition coefficient (Wildman–Crippen LogP) is 6.06. The van der Waals surface area contributed by atoms with Gasteiger partial charge >= 0.3 is 5.97 Å². The van der Waals surface area contributed by atoms with E-state index >= 15 is 0 Å². The lowest BCUT2D eigenvalue weighted by molar-refractivity contribution is 0.0600. The highest BCUT2D eigenvalue weighted by Gasteiger charge is 2.13. The first-order valence-corrected chi connectivity index (χ1v) is 9.46. The SMILES string of the molecule is COC(=O)c1ccc(NSc2cccc(-c3ccc(Cl)cc3)c2F)c(OC)c1. The lowest BCUT2D eigenvalue weighted by Gasteiger charge is -2.13. The maximum absolute atomic E-state index is 15.0. The van der Waals surface area contributed by atoms with Crippen LogP contribution in [0.1, 0.15) is 10.4 Å². The highest BCUT2D eigenvalue weighted by Crippen LogP contribution is 2.34. The number of ether oxygens (including phenoxy) is 2. The molecule has 0 aliphatic heterocycles. The van der Waals surface area contributed by atoms with Gasteiger partial charge in [0.25, 0.3) is 0 Å². The van der Waals surface area contributed by atoms with Crippen LogP contribution in [0.3, 0.4) is 0 Å². The molecule has 0 fully saturated rings. The van der Waals surface area contributed by atoms with E-state index in [-0.39, 0.29) is 5.82 Å². The Morgan fingerprint density at radius 3 is 2.50 bits per heavy atom. The molecule has 3 rings (SSSR count). The molecule has 4 nitrogen and oxygen atoms in total. The quantitative estimate of drug-likeness (QED) is 0.390. The largest absolute Gasteiger partial charge is 0.495 e. The van der Waals surface area contributed by atoms with E-state index in [2.05, 4.69) is 4.72 Å². The van der Waals surface area contributed by atoms with Gasteiger partial charge in [-0.1, -0.05) is 35.9 Å². The van der Waals surface area contributed by atoms with Crippen molar-refractivity contribution in [3.63, 3.8) is 0 Å². The van der Waals surface area contributed by atoms with Gasteiger partial charge in [-0.05, 0) is 53.9 Å². The van der Waals surface area contributed by atoms with Gasteiger partial charge in [-0.15, -0.1) is 0 Å². The molecule has 7 heteroatoms. The molecule has 3 aromatic rings. The average molecular weight is 418 g/mol. The van der Waals surface area contributed by atoms with Crippen molar-refractivity contribution in [3.05, 3.63) is 77.1 Å². The molecule has 0 saturated carbocycles. The third-order valence-corrected chi connectivity index (χ3v) is 5.12. The molecule has 0 atom stereocenters. The second-order valence-electron chi connectivity index (χ2n) is 5.74. The van der Waals surface area contributed by atoms with E-state index in [0.29, 0.717) is 32.5 Å². The first-order chi connectivity index (χ1) is 13.5. The van der Waals surface area contributed by atoms with Crippen molar-refractivity contribution in [2.75, 3.05) is 18.9 Å². The summed E-state index contributed by atoms with van der Waals surface area (Å²) < 4.78 is 28.1. The summed E-state index contributed by atoms with van der Waals surface area (Å²) in [6, 6.07) is 17.0. The number of carbonyl (C=O) groups excluding carboxylic acids is 1. The normalized spacial score (nSPS) is 10.4. The van der Waals surface area contributed by atoms with E-state index in [4.69, 9.17) is 21.1 Å². The van der Waals surface area contributed by atoms with Crippen molar-refractivity contribution in [1.82, 2.24) is 0 Å². The molecular formula is C21H17ClFNO3S. The van der Waals surface area contributed by atoms with Crippen molar-refractivity contribution in [2.45, 2.75) is 4.90 Å². The summed E-state index contributed by atoms with van der Waals surface area (Å²) in [5, 5.41) is 0.596. The number of anilines is 1. The number of methoxy groups -OCH3 is 2. The Balaban J connectivity index is 1.82. The van der Waals surface area contributed by atoms with Crippen molar-refractivity contribution in [2.24, 2.45) is 0 Å². The molecule has 0 aliphatic carbocycles. The van der Waals surface area contributed by atoms with Crippen LogP contribution in [0.15, 0.2) is 65.6 Å². The number of benzene rings is 3. The zero-order valence-corrected chi connectivity index (χ0v) is 16.7. The summed E-state index contributed by atoms with van der Waals surface area (Å²) in [4.78, 5) is 12.1. The van der Waals surface area contributed by atoms with Gasteiger partial charge in [0.1, 0.15) is 11.6 Å². The van der Waals surface area contributed by atoms with Crippen LogP contribution in [0.25, 0.3) is 11.1 Å². The lowest BCUT2D eigenvalue weighted by atomic mass is 10.1. The Bertz CT molecular complexity index is 995. The molecule has 0 aromatic heterocycles. The molecule has 0 bridgehead atoms. The lowest BCUT2D eigenvalue weighted by Crippen LogP contribution is -2.02. The van der Waals surface area contributed by atoms with E-state index in [1.54, 1.807) is 60.7 Å². The minimum absolute atomic E-state index is 0.340. The van der Waals surface area contributed by atoms with Crippen LogP contribution >= 0.6 is 23.5 Å². The van der Waals surface area contributed by atoms with Crippen LogP contribution in [0, 0.1) is 5.82 Å².